The second-order valence-electron chi connectivity index (χ2n) is 7.47. The van der Waals surface area contributed by atoms with E-state index in [1.54, 1.807) is 0 Å². The van der Waals surface area contributed by atoms with E-state index in [1.807, 2.05) is 0 Å². The Morgan fingerprint density at radius 2 is 0.900 bits per heavy atom. The van der Waals surface area contributed by atoms with Gasteiger partial charge in [-0.2, -0.15) is 0 Å². The van der Waals surface area contributed by atoms with E-state index in [9.17, 15) is 4.79 Å². The minimum atomic E-state index is -0.673. The number of carboxylic acids is 1. The van der Waals surface area contributed by atoms with E-state index in [0.717, 1.165) is 64.2 Å². The van der Waals surface area contributed by atoms with Crippen LogP contribution in [0.5, 0.6) is 0 Å². The molecule has 1 N–H and O–H groups in total. The third kappa shape index (κ3) is 25.9. The smallest absolute Gasteiger partial charge is 0.303 e. The molecule has 0 bridgehead atoms. The largest absolute Gasteiger partial charge is 0.481 e. The highest BCUT2D eigenvalue weighted by Crippen LogP contribution is 2.09. The van der Waals surface area contributed by atoms with Crippen molar-refractivity contribution in [3.8, 4) is 0 Å². The van der Waals surface area contributed by atoms with Crippen molar-refractivity contribution >= 4 is 5.97 Å². The summed E-state index contributed by atoms with van der Waals surface area (Å²) in [5.41, 5.74) is 0. The Morgan fingerprint density at radius 3 is 1.33 bits per heavy atom. The maximum Gasteiger partial charge on any atom is 0.303 e. The van der Waals surface area contributed by atoms with Gasteiger partial charge in [-0.3, -0.25) is 4.79 Å². The first-order chi connectivity index (χ1) is 14.8. The maximum absolute atomic E-state index is 10.4. The van der Waals surface area contributed by atoms with E-state index in [-0.39, 0.29) is 0 Å². The lowest BCUT2D eigenvalue weighted by Crippen LogP contribution is -1.93. The van der Waals surface area contributed by atoms with Crippen LogP contribution >= 0.6 is 0 Å². The summed E-state index contributed by atoms with van der Waals surface area (Å²) in [7, 11) is 0. The van der Waals surface area contributed by atoms with Crippen LogP contribution in [0, 0.1) is 0 Å². The van der Waals surface area contributed by atoms with Crippen molar-refractivity contribution in [2.75, 3.05) is 0 Å². The molecule has 2 nitrogen and oxygen atoms in total. The number of unbranched alkanes of at least 4 members (excludes halogenated alkanes) is 6. The molecule has 0 unspecified atom stereocenters. The Kier molecular flexibility index (Phi) is 23.2. The number of hydrogen-bond donors (Lipinski definition) is 1. The minimum Gasteiger partial charge on any atom is -0.481 e. The van der Waals surface area contributed by atoms with Gasteiger partial charge in [0.05, 0.1) is 0 Å². The number of rotatable bonds is 20. The molecule has 2 heteroatoms. The fourth-order valence-corrected chi connectivity index (χ4v) is 2.89. The average Bonchev–Trinajstić information content (AvgIpc) is 2.73. The van der Waals surface area contributed by atoms with Crippen LogP contribution in [0.2, 0.25) is 0 Å². The van der Waals surface area contributed by atoms with Gasteiger partial charge in [0.15, 0.2) is 0 Å². The number of allylic oxidation sites excluding steroid dienone is 12. The zero-order valence-electron chi connectivity index (χ0n) is 19.2. The molecule has 0 atom stereocenters. The van der Waals surface area contributed by atoms with E-state index in [0.29, 0.717) is 6.42 Å². The molecule has 0 rings (SSSR count). The summed E-state index contributed by atoms with van der Waals surface area (Å²) >= 11 is 0. The predicted molar refractivity (Wildman–Crippen MR) is 133 cm³/mol. The van der Waals surface area contributed by atoms with Crippen molar-refractivity contribution in [1.82, 2.24) is 0 Å². The van der Waals surface area contributed by atoms with Crippen LogP contribution in [-0.2, 0) is 4.79 Å². The van der Waals surface area contributed by atoms with Gasteiger partial charge in [0.1, 0.15) is 0 Å². The molecule has 0 heterocycles. The average molecular weight is 413 g/mol. The first-order valence-electron chi connectivity index (χ1n) is 11.9. The lowest BCUT2D eigenvalue weighted by Gasteiger charge is -1.99. The molecule has 30 heavy (non-hydrogen) atoms. The fraction of sp³-hybridized carbons (Fsp3) is 0.536. The zero-order valence-corrected chi connectivity index (χ0v) is 19.2. The third-order valence-corrected chi connectivity index (χ3v) is 4.61. The summed E-state index contributed by atoms with van der Waals surface area (Å²) in [4.78, 5) is 10.4. The van der Waals surface area contributed by atoms with Gasteiger partial charge in [-0.25, -0.2) is 0 Å². The van der Waals surface area contributed by atoms with Gasteiger partial charge in [0.2, 0.25) is 0 Å². The summed E-state index contributed by atoms with van der Waals surface area (Å²) in [5, 5.41) is 8.58. The molecule has 0 aliphatic rings. The van der Waals surface area contributed by atoms with Crippen molar-refractivity contribution < 1.29 is 9.90 Å². The summed E-state index contributed by atoms with van der Waals surface area (Å²) in [6, 6.07) is 0. The topological polar surface area (TPSA) is 37.3 Å². The Hall–Kier alpha value is -2.09. The second kappa shape index (κ2) is 24.9. The van der Waals surface area contributed by atoms with Crippen LogP contribution in [0.4, 0.5) is 0 Å². The second-order valence-corrected chi connectivity index (χ2v) is 7.47. The van der Waals surface area contributed by atoms with Crippen molar-refractivity contribution in [3.05, 3.63) is 72.9 Å². The fourth-order valence-electron chi connectivity index (χ4n) is 2.89. The van der Waals surface area contributed by atoms with Crippen molar-refractivity contribution in [2.45, 2.75) is 96.8 Å². The maximum atomic E-state index is 10.4. The molecular weight excluding hydrogens is 368 g/mol. The van der Waals surface area contributed by atoms with Crippen LogP contribution in [-0.4, -0.2) is 11.1 Å². The highest BCUT2D eigenvalue weighted by Gasteiger charge is 1.96. The van der Waals surface area contributed by atoms with Gasteiger partial charge >= 0.3 is 5.97 Å². The highest BCUT2D eigenvalue weighted by molar-refractivity contribution is 5.66. The summed E-state index contributed by atoms with van der Waals surface area (Å²) in [6.45, 7) is 2.16. The molecule has 0 spiro atoms. The van der Waals surface area contributed by atoms with E-state index >= 15 is 0 Å². The van der Waals surface area contributed by atoms with E-state index in [1.165, 1.54) is 19.3 Å². The molecule has 0 aliphatic heterocycles. The summed E-state index contributed by atoms with van der Waals surface area (Å²) in [5.74, 6) is -0.673. The first kappa shape index (κ1) is 27.9. The van der Waals surface area contributed by atoms with Gasteiger partial charge in [-0.05, 0) is 57.8 Å². The predicted octanol–water partition coefficient (Wildman–Crippen LogP) is 8.89. The molecule has 0 fully saturated rings. The van der Waals surface area contributed by atoms with Crippen molar-refractivity contribution in [1.29, 1.82) is 0 Å². The lowest BCUT2D eigenvalue weighted by molar-refractivity contribution is -0.137. The Balaban J connectivity index is 3.42. The van der Waals surface area contributed by atoms with Gasteiger partial charge in [0.25, 0.3) is 0 Å². The molecule has 0 saturated heterocycles. The summed E-state index contributed by atoms with van der Waals surface area (Å²) in [6.07, 6.45) is 41.2. The molecule has 0 aromatic carbocycles. The van der Waals surface area contributed by atoms with Gasteiger partial charge in [-0.1, -0.05) is 106 Å². The number of aliphatic carboxylic acids is 1. The summed E-state index contributed by atoms with van der Waals surface area (Å²) < 4.78 is 0. The van der Waals surface area contributed by atoms with E-state index in [2.05, 4.69) is 79.8 Å². The molecule has 0 radical (unpaired) electrons. The standard InChI is InChI=1S/C28H44O2/c1-2-3-4-5-6-7-8-9-10-11-12-13-14-15-16-17-18-19-20-21-22-23-24-25-26-27-28(29)30/h3-4,6-7,9-10,12-13,15-16,18-19H,2,5,8,11,14,17,20-27H2,1H3,(H,29,30)/b4-3-,7-6-,10-9-,13-12-,16-15-,19-18-. The zero-order chi connectivity index (χ0) is 22.0. The lowest BCUT2D eigenvalue weighted by atomic mass is 10.1. The van der Waals surface area contributed by atoms with Crippen LogP contribution in [0.1, 0.15) is 96.8 Å². The quantitative estimate of drug-likeness (QED) is 0.160. The Labute approximate surface area is 185 Å². The number of carbonyl (C=O) groups is 1. The van der Waals surface area contributed by atoms with Gasteiger partial charge in [0, 0.05) is 6.42 Å². The molecular formula is C28H44O2. The molecule has 168 valence electrons. The number of hydrogen-bond acceptors (Lipinski definition) is 1. The Morgan fingerprint density at radius 1 is 0.533 bits per heavy atom. The van der Waals surface area contributed by atoms with Gasteiger partial charge in [-0.15, -0.1) is 0 Å². The third-order valence-electron chi connectivity index (χ3n) is 4.61. The SMILES string of the molecule is CC/C=C\C/C=C\C/C=C\C/C=C\C/C=C\C/C=C\CCCCCCCCC(=O)O. The molecule has 0 aromatic heterocycles. The van der Waals surface area contributed by atoms with Crippen LogP contribution < -0.4 is 0 Å². The molecule has 0 saturated carbocycles. The minimum absolute atomic E-state index is 0.318. The molecule has 0 amide bonds. The van der Waals surface area contributed by atoms with Gasteiger partial charge < -0.3 is 5.11 Å². The van der Waals surface area contributed by atoms with Crippen molar-refractivity contribution in [2.24, 2.45) is 0 Å². The van der Waals surface area contributed by atoms with Crippen LogP contribution in [0.3, 0.4) is 0 Å². The molecule has 0 aliphatic carbocycles. The first-order valence-corrected chi connectivity index (χ1v) is 11.9. The van der Waals surface area contributed by atoms with E-state index < -0.39 is 5.97 Å². The highest BCUT2D eigenvalue weighted by atomic mass is 16.4. The Bertz CT molecular complexity index is 547. The van der Waals surface area contributed by atoms with Crippen molar-refractivity contribution in [3.63, 3.8) is 0 Å². The van der Waals surface area contributed by atoms with Crippen LogP contribution in [0.15, 0.2) is 72.9 Å². The molecule has 0 aromatic rings. The van der Waals surface area contributed by atoms with E-state index in [4.69, 9.17) is 5.11 Å². The number of carboxylic acid groups (broad SMARTS) is 1. The normalized spacial score (nSPS) is 12.8. The van der Waals surface area contributed by atoms with Crippen LogP contribution in [0.25, 0.3) is 0 Å². The monoisotopic (exact) mass is 412 g/mol.